The molecule has 1 aliphatic rings. The van der Waals surface area contributed by atoms with Crippen LogP contribution in [0.5, 0.6) is 0 Å². The fraction of sp³-hybridized carbons (Fsp3) is 0.304. The first-order valence-electron chi connectivity index (χ1n) is 10.5. The first-order chi connectivity index (χ1) is 15.5. The number of amides is 2. The van der Waals surface area contributed by atoms with Gasteiger partial charge < -0.3 is 15.8 Å². The van der Waals surface area contributed by atoms with Crippen LogP contribution in [0.15, 0.2) is 53.3 Å². The SMILES string of the molecule is NC(=O)c1nn(CC(=O)NCc2ccccc2CN2CCOCC2)c(=O)c2ccccc12. The number of carbonyl (C=O) groups is 2. The van der Waals surface area contributed by atoms with Crippen LogP contribution >= 0.6 is 0 Å². The highest BCUT2D eigenvalue weighted by molar-refractivity contribution is 6.04. The number of nitrogens with one attached hydrogen (secondary N) is 1. The number of aromatic nitrogens is 2. The molecule has 2 amide bonds. The van der Waals surface area contributed by atoms with Crippen molar-refractivity contribution in [3.05, 3.63) is 75.7 Å². The zero-order valence-electron chi connectivity index (χ0n) is 17.6. The second kappa shape index (κ2) is 9.71. The highest BCUT2D eigenvalue weighted by atomic mass is 16.5. The minimum absolute atomic E-state index is 0.0381. The van der Waals surface area contributed by atoms with E-state index in [0.717, 1.165) is 48.7 Å². The van der Waals surface area contributed by atoms with Gasteiger partial charge in [-0.2, -0.15) is 5.10 Å². The maximum Gasteiger partial charge on any atom is 0.275 e. The van der Waals surface area contributed by atoms with Gasteiger partial charge in [0, 0.05) is 31.6 Å². The summed E-state index contributed by atoms with van der Waals surface area (Å²) >= 11 is 0. The Morgan fingerprint density at radius 3 is 2.38 bits per heavy atom. The van der Waals surface area contributed by atoms with Gasteiger partial charge in [-0.25, -0.2) is 4.68 Å². The molecule has 0 radical (unpaired) electrons. The summed E-state index contributed by atoms with van der Waals surface area (Å²) < 4.78 is 6.38. The van der Waals surface area contributed by atoms with E-state index in [9.17, 15) is 14.4 Å². The van der Waals surface area contributed by atoms with Gasteiger partial charge in [0.15, 0.2) is 5.69 Å². The van der Waals surface area contributed by atoms with Gasteiger partial charge in [-0.3, -0.25) is 19.3 Å². The standard InChI is InChI=1S/C23H25N5O4/c24-22(30)21-18-7-3-4-8-19(18)23(31)28(26-21)15-20(29)25-13-16-5-1-2-6-17(16)14-27-9-11-32-12-10-27/h1-8H,9-15H2,(H2,24,30)(H,25,29). The minimum atomic E-state index is -0.757. The number of fused-ring (bicyclic) bond motifs is 1. The number of rotatable bonds is 7. The average molecular weight is 435 g/mol. The number of nitrogens with two attached hydrogens (primary N) is 1. The van der Waals surface area contributed by atoms with Gasteiger partial charge in [-0.1, -0.05) is 42.5 Å². The van der Waals surface area contributed by atoms with E-state index in [1.54, 1.807) is 24.3 Å². The molecule has 1 fully saturated rings. The maximum atomic E-state index is 12.7. The Morgan fingerprint density at radius 1 is 1.00 bits per heavy atom. The summed E-state index contributed by atoms with van der Waals surface area (Å²) in [5.74, 6) is -1.14. The maximum absolute atomic E-state index is 12.7. The average Bonchev–Trinajstić information content (AvgIpc) is 2.81. The van der Waals surface area contributed by atoms with Crippen molar-refractivity contribution in [2.24, 2.45) is 5.73 Å². The van der Waals surface area contributed by atoms with E-state index in [4.69, 9.17) is 10.5 Å². The summed E-state index contributed by atoms with van der Waals surface area (Å²) in [5, 5.41) is 7.56. The lowest BCUT2D eigenvalue weighted by Gasteiger charge is -2.27. The quantitative estimate of drug-likeness (QED) is 0.562. The van der Waals surface area contributed by atoms with Gasteiger partial charge in [0.1, 0.15) is 6.54 Å². The number of hydrogen-bond donors (Lipinski definition) is 2. The Morgan fingerprint density at radius 2 is 1.66 bits per heavy atom. The van der Waals surface area contributed by atoms with E-state index in [1.807, 2.05) is 24.3 Å². The molecule has 9 nitrogen and oxygen atoms in total. The van der Waals surface area contributed by atoms with E-state index in [-0.39, 0.29) is 18.1 Å². The Bertz CT molecular complexity index is 1200. The van der Waals surface area contributed by atoms with Crippen molar-refractivity contribution in [3.63, 3.8) is 0 Å². The molecule has 2 heterocycles. The Hall–Kier alpha value is -3.56. The number of primary amides is 1. The van der Waals surface area contributed by atoms with Crippen molar-refractivity contribution in [1.82, 2.24) is 20.0 Å². The topological polar surface area (TPSA) is 120 Å². The number of ether oxygens (including phenoxy) is 1. The number of hydrogen-bond acceptors (Lipinski definition) is 6. The molecule has 0 atom stereocenters. The molecule has 3 N–H and O–H groups in total. The van der Waals surface area contributed by atoms with Crippen LogP contribution < -0.4 is 16.6 Å². The molecule has 2 aromatic carbocycles. The van der Waals surface area contributed by atoms with Gasteiger partial charge in [0.2, 0.25) is 5.91 Å². The summed E-state index contributed by atoms with van der Waals surface area (Å²) in [6, 6.07) is 14.5. The summed E-state index contributed by atoms with van der Waals surface area (Å²) in [7, 11) is 0. The molecule has 166 valence electrons. The van der Waals surface area contributed by atoms with Crippen LogP contribution in [0.4, 0.5) is 0 Å². The third-order valence-corrected chi connectivity index (χ3v) is 5.49. The number of benzene rings is 2. The fourth-order valence-electron chi connectivity index (χ4n) is 3.79. The molecular formula is C23H25N5O4. The molecule has 1 aromatic heterocycles. The largest absolute Gasteiger partial charge is 0.379 e. The molecule has 4 rings (SSSR count). The Balaban J connectivity index is 1.47. The Labute approximate surface area is 184 Å². The van der Waals surface area contributed by atoms with E-state index >= 15 is 0 Å². The van der Waals surface area contributed by atoms with Gasteiger partial charge >= 0.3 is 0 Å². The van der Waals surface area contributed by atoms with Crippen molar-refractivity contribution in [2.45, 2.75) is 19.6 Å². The highest BCUT2D eigenvalue weighted by Crippen LogP contribution is 2.14. The summed E-state index contributed by atoms with van der Waals surface area (Å²) in [6.07, 6.45) is 0. The van der Waals surface area contributed by atoms with Crippen LogP contribution in [0, 0.1) is 0 Å². The van der Waals surface area contributed by atoms with Gasteiger partial charge in [-0.15, -0.1) is 0 Å². The molecule has 32 heavy (non-hydrogen) atoms. The Kier molecular flexibility index (Phi) is 6.58. The lowest BCUT2D eigenvalue weighted by molar-refractivity contribution is -0.122. The normalized spacial score (nSPS) is 14.4. The lowest BCUT2D eigenvalue weighted by Crippen LogP contribution is -2.36. The third kappa shape index (κ3) is 4.84. The third-order valence-electron chi connectivity index (χ3n) is 5.49. The monoisotopic (exact) mass is 435 g/mol. The zero-order valence-corrected chi connectivity index (χ0v) is 17.6. The highest BCUT2D eigenvalue weighted by Gasteiger charge is 2.17. The summed E-state index contributed by atoms with van der Waals surface area (Å²) in [5.41, 5.74) is 7.07. The van der Waals surface area contributed by atoms with E-state index in [2.05, 4.69) is 15.3 Å². The second-order valence-electron chi connectivity index (χ2n) is 7.66. The van der Waals surface area contributed by atoms with Crippen molar-refractivity contribution in [1.29, 1.82) is 0 Å². The van der Waals surface area contributed by atoms with E-state index in [0.29, 0.717) is 17.3 Å². The number of morpholine rings is 1. The van der Waals surface area contributed by atoms with Gasteiger partial charge in [0.05, 0.1) is 18.6 Å². The van der Waals surface area contributed by atoms with Crippen molar-refractivity contribution in [2.75, 3.05) is 26.3 Å². The molecule has 1 saturated heterocycles. The first-order valence-corrected chi connectivity index (χ1v) is 10.5. The molecule has 0 bridgehead atoms. The molecule has 0 aliphatic carbocycles. The van der Waals surface area contributed by atoms with Crippen molar-refractivity contribution < 1.29 is 14.3 Å². The van der Waals surface area contributed by atoms with Crippen LogP contribution in [-0.2, 0) is 29.2 Å². The summed E-state index contributed by atoms with van der Waals surface area (Å²) in [4.78, 5) is 39.5. The second-order valence-corrected chi connectivity index (χ2v) is 7.66. The smallest absolute Gasteiger partial charge is 0.275 e. The molecule has 0 unspecified atom stereocenters. The van der Waals surface area contributed by atoms with Crippen molar-refractivity contribution in [3.8, 4) is 0 Å². The molecular weight excluding hydrogens is 410 g/mol. The van der Waals surface area contributed by atoms with Crippen LogP contribution in [-0.4, -0.2) is 52.8 Å². The predicted molar refractivity (Wildman–Crippen MR) is 119 cm³/mol. The lowest BCUT2D eigenvalue weighted by atomic mass is 10.1. The molecule has 0 spiro atoms. The van der Waals surface area contributed by atoms with Crippen LogP contribution in [0.1, 0.15) is 21.6 Å². The van der Waals surface area contributed by atoms with Crippen LogP contribution in [0.3, 0.4) is 0 Å². The van der Waals surface area contributed by atoms with E-state index < -0.39 is 11.5 Å². The van der Waals surface area contributed by atoms with Gasteiger partial charge in [0.25, 0.3) is 11.5 Å². The van der Waals surface area contributed by atoms with Gasteiger partial charge in [-0.05, 0) is 17.2 Å². The van der Waals surface area contributed by atoms with Crippen molar-refractivity contribution >= 4 is 22.6 Å². The minimum Gasteiger partial charge on any atom is -0.379 e. The number of nitrogens with zero attached hydrogens (tertiary/aromatic N) is 3. The molecule has 3 aromatic rings. The zero-order chi connectivity index (χ0) is 22.5. The summed E-state index contributed by atoms with van der Waals surface area (Å²) in [6.45, 7) is 3.99. The molecule has 0 saturated carbocycles. The fourth-order valence-corrected chi connectivity index (χ4v) is 3.79. The van der Waals surface area contributed by atoms with Crippen LogP contribution in [0.25, 0.3) is 10.8 Å². The first kappa shape index (κ1) is 21.7. The predicted octanol–water partition coefficient (Wildman–Crippen LogP) is 0.644. The molecule has 9 heteroatoms. The molecule has 1 aliphatic heterocycles. The van der Waals surface area contributed by atoms with E-state index in [1.165, 1.54) is 0 Å². The van der Waals surface area contributed by atoms with Crippen LogP contribution in [0.2, 0.25) is 0 Å². The number of carbonyl (C=O) groups excluding carboxylic acids is 2.